The molecular formula is C75H115N7O15. The third-order valence-corrected chi connectivity index (χ3v) is 17.7. The first-order valence-corrected chi connectivity index (χ1v) is 35.4. The summed E-state index contributed by atoms with van der Waals surface area (Å²) in [6, 6.07) is 12.8. The molecule has 2 aliphatic rings. The zero-order valence-electron chi connectivity index (χ0n) is 60.3. The highest BCUT2D eigenvalue weighted by Gasteiger charge is 2.42. The largest absolute Gasteiger partial charge is 0.481 e. The zero-order chi connectivity index (χ0) is 72.3. The molecule has 0 aromatic heterocycles. The van der Waals surface area contributed by atoms with Gasteiger partial charge in [-0.2, -0.15) is 0 Å². The first-order valence-electron chi connectivity index (χ1n) is 35.4. The molecule has 0 bridgehead atoms. The summed E-state index contributed by atoms with van der Waals surface area (Å²) in [5, 5.41) is 27.3. The van der Waals surface area contributed by atoms with Crippen molar-refractivity contribution in [2.45, 2.75) is 254 Å². The number of nitrogens with zero attached hydrogens (tertiary/aromatic N) is 1. The van der Waals surface area contributed by atoms with E-state index in [-0.39, 0.29) is 132 Å². The third-order valence-electron chi connectivity index (χ3n) is 17.7. The third kappa shape index (κ3) is 29.6. The maximum absolute atomic E-state index is 15.2. The molecule has 1 saturated carbocycles. The van der Waals surface area contributed by atoms with Crippen LogP contribution in [0.15, 0.2) is 60.7 Å². The molecule has 2 fully saturated rings. The summed E-state index contributed by atoms with van der Waals surface area (Å²) in [4.78, 5) is 170. The fraction of sp³-hybridized carbons (Fsp3) is 0.680. The Morgan fingerprint density at radius 3 is 1.28 bits per heavy atom. The summed E-state index contributed by atoms with van der Waals surface area (Å²) in [5.41, 5.74) is -0.0562. The minimum atomic E-state index is -1.16. The van der Waals surface area contributed by atoms with Gasteiger partial charge in [0.2, 0.25) is 29.5 Å². The zero-order valence-corrected chi connectivity index (χ0v) is 60.3. The number of rotatable bonds is 40. The monoisotopic (exact) mass is 1350 g/mol. The van der Waals surface area contributed by atoms with Gasteiger partial charge >= 0.3 is 18.2 Å². The van der Waals surface area contributed by atoms with Gasteiger partial charge in [-0.1, -0.05) is 129 Å². The number of carboxylic acids is 1. The van der Waals surface area contributed by atoms with Gasteiger partial charge in [0.1, 0.15) is 17.2 Å². The van der Waals surface area contributed by atoms with E-state index in [1.54, 1.807) is 85.7 Å². The number of benzene rings is 2. The van der Waals surface area contributed by atoms with Crippen LogP contribution >= 0.6 is 0 Å². The lowest BCUT2D eigenvalue weighted by Crippen LogP contribution is -2.54. The molecule has 0 radical (unpaired) electrons. The van der Waals surface area contributed by atoms with Crippen molar-refractivity contribution in [2.75, 3.05) is 19.6 Å². The summed E-state index contributed by atoms with van der Waals surface area (Å²) >= 11 is 0. The normalized spacial score (nSPS) is 16.8. The Kier molecular flexibility index (Phi) is 33.6. The molecule has 97 heavy (non-hydrogen) atoms. The number of ketones is 4. The standard InChI is InChI=1S/C75H115N7O15/c1-46(2)38-57(78-67(88)53(32-23-35-76-72(94)96-74(9,10)11)42-62(85)64(48(5)6)80-66(87)52-30-21-22-31-52)60(83)44-55(40-50-26-17-15-18-27-50)70(91)82-37-25-34-59(82)69(90)81-65(49(7)8)63(86)43-54(33-24-36-77-73(95)97-75(12,13)14)68(89)79-58(39-47(3)4)61(84)45-56(71(92)93)41-51-28-19-16-20-29-51/h15-20,26-29,46-49,52-59,64-65H,21-25,30-45H2,1-14H3,(H,76,94)(H,77,95)(H,78,88)(H,79,89)(H,80,87)(H,81,90)(H,92,93)/t53-,54-,55+,56+,57+,58+,59+,64+,65+/m1/s1. The van der Waals surface area contributed by atoms with Gasteiger partial charge in [-0.05, 0) is 153 Å². The van der Waals surface area contributed by atoms with Crippen LogP contribution in [0.5, 0.6) is 0 Å². The minimum Gasteiger partial charge on any atom is -0.481 e. The quantitative estimate of drug-likeness (QED) is 0.0305. The van der Waals surface area contributed by atoms with E-state index in [9.17, 15) is 57.8 Å². The molecule has 1 heterocycles. The summed E-state index contributed by atoms with van der Waals surface area (Å²) < 4.78 is 10.8. The molecule has 0 unspecified atom stereocenters. The van der Waals surface area contributed by atoms with Crippen LogP contribution in [0.2, 0.25) is 0 Å². The maximum atomic E-state index is 15.2. The molecule has 2 aromatic rings. The predicted molar refractivity (Wildman–Crippen MR) is 370 cm³/mol. The van der Waals surface area contributed by atoms with Crippen LogP contribution in [0.1, 0.15) is 211 Å². The molecule has 22 heteroatoms. The van der Waals surface area contributed by atoms with Crippen LogP contribution in [-0.4, -0.2) is 142 Å². The molecule has 1 aliphatic carbocycles. The van der Waals surface area contributed by atoms with Gasteiger partial charge in [-0.25, -0.2) is 9.59 Å². The highest BCUT2D eigenvalue weighted by molar-refractivity contribution is 5.99. The van der Waals surface area contributed by atoms with Crippen molar-refractivity contribution in [1.82, 2.24) is 36.8 Å². The number of ether oxygens (including phenoxy) is 2. The van der Waals surface area contributed by atoms with Crippen LogP contribution in [0, 0.1) is 53.3 Å². The second-order valence-electron chi connectivity index (χ2n) is 30.3. The van der Waals surface area contributed by atoms with E-state index >= 15 is 4.79 Å². The Hall–Kier alpha value is -7.52. The number of amides is 7. The maximum Gasteiger partial charge on any atom is 0.407 e. The van der Waals surface area contributed by atoms with Crippen molar-refractivity contribution in [3.63, 3.8) is 0 Å². The van der Waals surface area contributed by atoms with Gasteiger partial charge in [-0.15, -0.1) is 0 Å². The Labute approximate surface area is 575 Å². The summed E-state index contributed by atoms with van der Waals surface area (Å²) in [6.07, 6.45) is 2.55. The van der Waals surface area contributed by atoms with Crippen LogP contribution in [0.25, 0.3) is 0 Å². The fourth-order valence-corrected chi connectivity index (χ4v) is 12.7. The Morgan fingerprint density at radius 2 is 0.887 bits per heavy atom. The number of carbonyl (C=O) groups excluding carboxylic acids is 11. The van der Waals surface area contributed by atoms with Crippen LogP contribution in [0.3, 0.4) is 0 Å². The van der Waals surface area contributed by atoms with E-state index in [0.717, 1.165) is 36.8 Å². The minimum absolute atomic E-state index is 0.0594. The average Bonchev–Trinajstić information content (AvgIpc) is 1.76. The van der Waals surface area contributed by atoms with Crippen molar-refractivity contribution >= 4 is 70.8 Å². The summed E-state index contributed by atoms with van der Waals surface area (Å²) in [6.45, 7) is 25.4. The van der Waals surface area contributed by atoms with Gasteiger partial charge in [0.25, 0.3) is 0 Å². The smallest absolute Gasteiger partial charge is 0.407 e. The van der Waals surface area contributed by atoms with E-state index in [1.807, 2.05) is 71.9 Å². The van der Waals surface area contributed by atoms with Crippen LogP contribution in [-0.2, 0) is 70.3 Å². The predicted octanol–water partition coefficient (Wildman–Crippen LogP) is 9.99. The lowest BCUT2D eigenvalue weighted by atomic mass is 9.87. The fourth-order valence-electron chi connectivity index (χ4n) is 12.7. The number of Topliss-reactive ketones (excluding diaryl/α,β-unsaturated/α-hetero) is 4. The SMILES string of the molecule is CC(C)C[C@H](NC(=O)[C@H](CCCNC(=O)OC(C)(C)C)CC(=O)[C@@H](NC(=O)C1CCCC1)C(C)C)C(=O)C[C@H](Cc1ccccc1)C(=O)N1CCC[C@H]1C(=O)N[C@H](C(=O)C[C@@H](CCCNC(=O)OC(C)(C)C)C(=O)N[C@@H](CC(C)C)C(=O)C[C@H](Cc1ccccc1)C(=O)O)C(C)C. The highest BCUT2D eigenvalue weighted by Crippen LogP contribution is 2.29. The van der Waals surface area contributed by atoms with Crippen LogP contribution < -0.4 is 31.9 Å². The van der Waals surface area contributed by atoms with Crippen molar-refractivity contribution in [3.8, 4) is 0 Å². The molecule has 9 atom stereocenters. The lowest BCUT2D eigenvalue weighted by Gasteiger charge is -2.31. The average molecular weight is 1350 g/mol. The highest BCUT2D eigenvalue weighted by atomic mass is 16.6. The topological polar surface area (TPSA) is 319 Å². The lowest BCUT2D eigenvalue weighted by molar-refractivity contribution is -0.144. The van der Waals surface area contributed by atoms with E-state index in [1.165, 1.54) is 4.90 Å². The van der Waals surface area contributed by atoms with Crippen molar-refractivity contribution < 1.29 is 72.1 Å². The molecule has 540 valence electrons. The number of carbonyl (C=O) groups is 12. The number of likely N-dealkylation sites (tertiary alicyclic amines) is 1. The molecule has 4 rings (SSSR count). The van der Waals surface area contributed by atoms with E-state index < -0.39 is 137 Å². The Bertz CT molecular complexity index is 2930. The number of hydrogen-bond acceptors (Lipinski definition) is 14. The van der Waals surface area contributed by atoms with Crippen molar-refractivity contribution in [3.05, 3.63) is 71.8 Å². The molecule has 7 amide bonds. The molecule has 2 aromatic carbocycles. The van der Waals surface area contributed by atoms with Gasteiger partial charge in [-0.3, -0.25) is 47.9 Å². The first kappa shape index (κ1) is 81.9. The van der Waals surface area contributed by atoms with Crippen LogP contribution in [0.4, 0.5) is 9.59 Å². The van der Waals surface area contributed by atoms with Gasteiger partial charge in [0.05, 0.1) is 30.1 Å². The van der Waals surface area contributed by atoms with E-state index in [0.29, 0.717) is 6.42 Å². The first-order chi connectivity index (χ1) is 45.5. The second-order valence-corrected chi connectivity index (χ2v) is 30.3. The van der Waals surface area contributed by atoms with Crippen molar-refractivity contribution in [1.29, 1.82) is 0 Å². The Balaban J connectivity index is 1.60. The van der Waals surface area contributed by atoms with E-state index in [2.05, 4.69) is 31.9 Å². The molecule has 22 nitrogen and oxygen atoms in total. The number of nitrogens with one attached hydrogen (secondary N) is 6. The number of aliphatic carboxylic acids is 1. The Morgan fingerprint density at radius 1 is 0.495 bits per heavy atom. The molecule has 1 saturated heterocycles. The summed E-state index contributed by atoms with van der Waals surface area (Å²) in [7, 11) is 0. The number of carboxylic acid groups (broad SMARTS) is 1. The van der Waals surface area contributed by atoms with E-state index in [4.69, 9.17) is 9.47 Å². The molecule has 0 spiro atoms. The summed E-state index contributed by atoms with van der Waals surface area (Å²) in [5.74, 6) is -10.8. The van der Waals surface area contributed by atoms with Gasteiger partial charge in [0, 0.05) is 69.0 Å². The van der Waals surface area contributed by atoms with Gasteiger partial charge in [0.15, 0.2) is 23.1 Å². The number of hydrogen-bond donors (Lipinski definition) is 7. The molecular weight excluding hydrogens is 1240 g/mol. The van der Waals surface area contributed by atoms with Crippen molar-refractivity contribution in [2.24, 2.45) is 53.3 Å². The molecule has 1 aliphatic heterocycles. The number of alkyl carbamates (subject to hydrolysis) is 2. The second kappa shape index (κ2) is 39.8. The van der Waals surface area contributed by atoms with Gasteiger partial charge < -0.3 is 51.4 Å². The molecule has 7 N–H and O–H groups in total.